The average Bonchev–Trinajstić information content (AvgIpc) is 3.66. The predicted octanol–water partition coefficient (Wildman–Crippen LogP) is 6.89. The van der Waals surface area contributed by atoms with E-state index in [0.29, 0.717) is 18.0 Å². The number of carbonyl (C=O) groups excluding carboxylic acids is 3. The number of amides is 3. The summed E-state index contributed by atoms with van der Waals surface area (Å²) in [4.78, 5) is 51.4. The number of allylic oxidation sites excluding steroid dienone is 1. The molecule has 1 saturated heterocycles. The number of hydrogen-bond acceptors (Lipinski definition) is 7. The van der Waals surface area contributed by atoms with Crippen molar-refractivity contribution in [3.8, 4) is 10.4 Å². The third-order valence-electron chi connectivity index (χ3n) is 8.83. The van der Waals surface area contributed by atoms with E-state index in [-0.39, 0.29) is 36.7 Å². The molecular formula is C37H48ClN5O4S. The van der Waals surface area contributed by atoms with Crippen LogP contribution in [0.3, 0.4) is 0 Å². The highest BCUT2D eigenvalue weighted by Crippen LogP contribution is 2.30. The monoisotopic (exact) mass is 693 g/mol. The fourth-order valence-electron chi connectivity index (χ4n) is 5.96. The number of aliphatic hydroxyl groups excluding tert-OH is 1. The van der Waals surface area contributed by atoms with E-state index in [1.165, 1.54) is 4.90 Å². The molecule has 1 aliphatic rings. The number of aliphatic hydroxyl groups is 1. The van der Waals surface area contributed by atoms with Crippen molar-refractivity contribution in [2.75, 3.05) is 6.54 Å². The summed E-state index contributed by atoms with van der Waals surface area (Å²) in [6.45, 7) is 13.7. The molecule has 4 atom stereocenters. The van der Waals surface area contributed by atoms with Crippen LogP contribution in [-0.4, -0.2) is 62.4 Å². The standard InChI is InChI=1S/C37H48ClN5O4S/c1-23(28-17-18-31(38)39-20-28)11-9-7-8-10-12-32(45)42-34(37(4,5)6)36(47)43-21-29(44)19-30(43)35(46)41-24(2)26-13-15-27(16-14-26)33-25(3)40-22-48-33/h13-18,20,22,24,29-30,34,44H,1,7-12,19,21H2,2-6H3,(H,41,46)(H,42,45)/t24-,29+,30-,34-/m1/s1. The van der Waals surface area contributed by atoms with Crippen LogP contribution in [0.4, 0.5) is 0 Å². The minimum absolute atomic E-state index is 0.0357. The number of halogens is 1. The van der Waals surface area contributed by atoms with Crippen LogP contribution in [-0.2, 0) is 14.4 Å². The number of rotatable bonds is 14. The SMILES string of the molecule is C=C(CCCCCCC(=O)N[C@H](C(=O)N1C[C@@H](O)C[C@@H]1C(=O)N[C@H](C)c1ccc(-c2scnc2C)cc1)C(C)(C)C)c1ccc(Cl)nc1. The lowest BCUT2D eigenvalue weighted by atomic mass is 9.85. The Morgan fingerprint density at radius 3 is 2.33 bits per heavy atom. The zero-order valence-corrected chi connectivity index (χ0v) is 30.2. The molecule has 3 aromatic rings. The minimum Gasteiger partial charge on any atom is -0.391 e. The van der Waals surface area contributed by atoms with Crippen LogP contribution in [0, 0.1) is 12.3 Å². The molecule has 3 N–H and O–H groups in total. The summed E-state index contributed by atoms with van der Waals surface area (Å²) < 4.78 is 0. The lowest BCUT2D eigenvalue weighted by Gasteiger charge is -2.35. The van der Waals surface area contributed by atoms with Crippen LogP contribution >= 0.6 is 22.9 Å². The average molecular weight is 694 g/mol. The van der Waals surface area contributed by atoms with E-state index in [1.54, 1.807) is 23.6 Å². The Hall–Kier alpha value is -3.60. The van der Waals surface area contributed by atoms with Gasteiger partial charge in [0.15, 0.2) is 0 Å². The summed E-state index contributed by atoms with van der Waals surface area (Å²) >= 11 is 7.45. The molecule has 2 aromatic heterocycles. The number of aryl methyl sites for hydroxylation is 1. The van der Waals surface area contributed by atoms with Crippen molar-refractivity contribution in [3.63, 3.8) is 0 Å². The minimum atomic E-state index is -0.845. The van der Waals surface area contributed by atoms with Gasteiger partial charge in [-0.25, -0.2) is 9.97 Å². The summed E-state index contributed by atoms with van der Waals surface area (Å²) in [7, 11) is 0. The van der Waals surface area contributed by atoms with Gasteiger partial charge >= 0.3 is 0 Å². The van der Waals surface area contributed by atoms with Crippen molar-refractivity contribution in [1.29, 1.82) is 0 Å². The second kappa shape index (κ2) is 16.7. The van der Waals surface area contributed by atoms with Gasteiger partial charge in [0.1, 0.15) is 17.2 Å². The Bertz CT molecular complexity index is 1570. The van der Waals surface area contributed by atoms with Gasteiger partial charge in [-0.15, -0.1) is 11.3 Å². The molecule has 0 radical (unpaired) electrons. The lowest BCUT2D eigenvalue weighted by molar-refractivity contribution is -0.144. The number of unbranched alkanes of at least 4 members (excludes halogenated alkanes) is 3. The molecule has 0 aliphatic carbocycles. The second-order valence-corrected chi connectivity index (χ2v) is 15.0. The summed E-state index contributed by atoms with van der Waals surface area (Å²) in [6.07, 6.45) is 5.64. The van der Waals surface area contributed by atoms with Gasteiger partial charge in [-0.1, -0.05) is 82.1 Å². The molecule has 0 spiro atoms. The van der Waals surface area contributed by atoms with Crippen molar-refractivity contribution in [3.05, 3.63) is 76.7 Å². The van der Waals surface area contributed by atoms with Crippen molar-refractivity contribution < 1.29 is 19.5 Å². The number of carbonyl (C=O) groups is 3. The summed E-state index contributed by atoms with van der Waals surface area (Å²) in [5, 5.41) is 17.0. The van der Waals surface area contributed by atoms with Crippen LogP contribution in [0.5, 0.6) is 0 Å². The topological polar surface area (TPSA) is 125 Å². The van der Waals surface area contributed by atoms with E-state index >= 15 is 0 Å². The maximum Gasteiger partial charge on any atom is 0.246 e. The smallest absolute Gasteiger partial charge is 0.246 e. The van der Waals surface area contributed by atoms with Crippen LogP contribution < -0.4 is 10.6 Å². The number of benzene rings is 1. The molecular weight excluding hydrogens is 646 g/mol. The summed E-state index contributed by atoms with van der Waals surface area (Å²) in [5.41, 5.74) is 6.17. The first-order chi connectivity index (χ1) is 22.7. The highest BCUT2D eigenvalue weighted by molar-refractivity contribution is 7.13. The van der Waals surface area contributed by atoms with E-state index in [2.05, 4.69) is 27.2 Å². The van der Waals surface area contributed by atoms with Gasteiger partial charge in [0.05, 0.1) is 28.2 Å². The maximum atomic E-state index is 13.9. The molecule has 3 amide bonds. The lowest BCUT2D eigenvalue weighted by Crippen LogP contribution is -2.57. The van der Waals surface area contributed by atoms with Crippen molar-refractivity contribution in [2.24, 2.45) is 5.41 Å². The Labute approximate surface area is 293 Å². The van der Waals surface area contributed by atoms with Gasteiger partial charge < -0.3 is 20.6 Å². The number of nitrogens with one attached hydrogen (secondary N) is 2. The number of nitrogens with zero attached hydrogens (tertiary/aromatic N) is 3. The molecule has 11 heteroatoms. The molecule has 9 nitrogen and oxygen atoms in total. The third kappa shape index (κ3) is 9.96. The van der Waals surface area contributed by atoms with Crippen molar-refractivity contribution in [2.45, 2.75) is 104 Å². The Kier molecular flexibility index (Phi) is 12.9. The van der Waals surface area contributed by atoms with E-state index in [4.69, 9.17) is 11.6 Å². The summed E-state index contributed by atoms with van der Waals surface area (Å²) in [6, 6.07) is 9.66. The predicted molar refractivity (Wildman–Crippen MR) is 192 cm³/mol. The van der Waals surface area contributed by atoms with Crippen LogP contribution in [0.25, 0.3) is 16.0 Å². The number of β-amino-alcohol motifs (C(OH)–C–C–N with tert-alkyl or cyclic N) is 1. The quantitative estimate of drug-likeness (QED) is 0.125. The van der Waals surface area contributed by atoms with Gasteiger partial charge in [0, 0.05) is 25.6 Å². The number of aromatic nitrogens is 2. The van der Waals surface area contributed by atoms with Gasteiger partial charge in [0.25, 0.3) is 0 Å². The van der Waals surface area contributed by atoms with E-state index in [9.17, 15) is 19.5 Å². The molecule has 1 aromatic carbocycles. The number of thiazole rings is 1. The first-order valence-electron chi connectivity index (χ1n) is 16.6. The van der Waals surface area contributed by atoms with Gasteiger partial charge in [-0.3, -0.25) is 14.4 Å². The zero-order valence-electron chi connectivity index (χ0n) is 28.6. The van der Waals surface area contributed by atoms with Crippen LogP contribution in [0.15, 0.2) is 54.7 Å². The second-order valence-electron chi connectivity index (χ2n) is 13.8. The van der Waals surface area contributed by atoms with Crippen molar-refractivity contribution >= 4 is 46.2 Å². The first-order valence-corrected chi connectivity index (χ1v) is 17.9. The Balaban J connectivity index is 1.28. The first kappa shape index (κ1) is 37.2. The molecule has 0 saturated carbocycles. The van der Waals surface area contributed by atoms with E-state index < -0.39 is 23.6 Å². The zero-order chi connectivity index (χ0) is 35.0. The maximum absolute atomic E-state index is 13.9. The van der Waals surface area contributed by atoms with E-state index in [0.717, 1.165) is 58.5 Å². The van der Waals surface area contributed by atoms with Gasteiger partial charge in [-0.2, -0.15) is 0 Å². The highest BCUT2D eigenvalue weighted by Gasteiger charge is 2.44. The molecule has 258 valence electrons. The fraction of sp³-hybridized carbons (Fsp3) is 0.486. The third-order valence-corrected chi connectivity index (χ3v) is 10.0. The van der Waals surface area contributed by atoms with Crippen LogP contribution in [0.2, 0.25) is 5.15 Å². The Morgan fingerprint density at radius 2 is 1.73 bits per heavy atom. The molecule has 3 heterocycles. The number of pyridine rings is 1. The van der Waals surface area contributed by atoms with E-state index in [1.807, 2.05) is 70.5 Å². The molecule has 1 aliphatic heterocycles. The molecule has 4 rings (SSSR count). The van der Waals surface area contributed by atoms with Crippen LogP contribution in [0.1, 0.15) is 95.5 Å². The Morgan fingerprint density at radius 1 is 1.04 bits per heavy atom. The highest BCUT2D eigenvalue weighted by atomic mass is 35.5. The molecule has 0 unspecified atom stereocenters. The number of hydrogen-bond donors (Lipinski definition) is 3. The molecule has 48 heavy (non-hydrogen) atoms. The largest absolute Gasteiger partial charge is 0.391 e. The fourth-order valence-corrected chi connectivity index (χ4v) is 6.88. The molecule has 1 fully saturated rings. The van der Waals surface area contributed by atoms with Gasteiger partial charge in [-0.05, 0) is 66.9 Å². The van der Waals surface area contributed by atoms with Gasteiger partial charge in [0.2, 0.25) is 17.7 Å². The number of likely N-dealkylation sites (tertiary alicyclic amines) is 1. The summed E-state index contributed by atoms with van der Waals surface area (Å²) in [5.74, 6) is -0.894. The molecule has 0 bridgehead atoms. The van der Waals surface area contributed by atoms with Crippen molar-refractivity contribution in [1.82, 2.24) is 25.5 Å². The normalized spacial score (nSPS) is 17.5.